The topological polar surface area (TPSA) is 66.4 Å². The number of hydrogen-bond acceptors (Lipinski definition) is 3. The number of pyridine rings is 1. The number of nitrogens with one attached hydrogen (secondary N) is 2. The summed E-state index contributed by atoms with van der Waals surface area (Å²) in [4.78, 5) is 8.71. The number of rotatable bonds is 6. The molecule has 1 heterocycles. The molecule has 1 aliphatic carbocycles. The van der Waals surface area contributed by atoms with Gasteiger partial charge in [-0.15, -0.1) is 24.0 Å². The van der Waals surface area contributed by atoms with E-state index in [2.05, 4.69) is 27.5 Å². The zero-order valence-electron chi connectivity index (χ0n) is 14.8. The van der Waals surface area contributed by atoms with E-state index in [1.165, 1.54) is 0 Å². The summed E-state index contributed by atoms with van der Waals surface area (Å²) in [6.45, 7) is 5.41. The molecule has 1 aromatic rings. The van der Waals surface area contributed by atoms with Gasteiger partial charge in [0.15, 0.2) is 5.96 Å². The van der Waals surface area contributed by atoms with Crippen LogP contribution in [0.4, 0.5) is 0 Å². The van der Waals surface area contributed by atoms with Gasteiger partial charge in [-0.1, -0.05) is 31.0 Å². The molecule has 25 heavy (non-hydrogen) atoms. The highest BCUT2D eigenvalue weighted by Gasteiger charge is 2.25. The Labute approximate surface area is 175 Å². The molecule has 2 rings (SSSR count). The number of nitrogens with zero attached hydrogens (tertiary/aromatic N) is 2. The van der Waals surface area contributed by atoms with E-state index in [4.69, 9.17) is 11.6 Å². The minimum atomic E-state index is -0.709. The Morgan fingerprint density at radius 2 is 2.20 bits per heavy atom. The highest BCUT2D eigenvalue weighted by atomic mass is 127. The van der Waals surface area contributed by atoms with E-state index in [1.54, 1.807) is 12.3 Å². The summed E-state index contributed by atoms with van der Waals surface area (Å²) in [7, 11) is -0.709. The van der Waals surface area contributed by atoms with Crippen LogP contribution in [-0.4, -0.2) is 38.7 Å². The lowest BCUT2D eigenvalue weighted by Crippen LogP contribution is -2.46. The minimum Gasteiger partial charge on any atom is -0.357 e. The molecular formula is C17H28ClIN4OS. The van der Waals surface area contributed by atoms with Crippen LogP contribution in [0, 0.1) is 0 Å². The van der Waals surface area contributed by atoms with Crippen molar-refractivity contribution in [2.75, 3.05) is 12.3 Å². The fraction of sp³-hybridized carbons (Fsp3) is 0.647. The number of guanidine groups is 1. The molecule has 1 saturated carbocycles. The normalized spacial score (nSPS) is 22.0. The van der Waals surface area contributed by atoms with E-state index >= 15 is 0 Å². The smallest absolute Gasteiger partial charge is 0.191 e. The number of halogens is 2. The Kier molecular flexibility index (Phi) is 10.9. The van der Waals surface area contributed by atoms with Crippen LogP contribution >= 0.6 is 35.6 Å². The molecule has 5 nitrogen and oxygen atoms in total. The average Bonchev–Trinajstić information content (AvgIpc) is 2.61. The Bertz CT molecular complexity index is 570. The van der Waals surface area contributed by atoms with Crippen LogP contribution in [-0.2, 0) is 17.3 Å². The zero-order chi connectivity index (χ0) is 17.4. The third-order valence-electron chi connectivity index (χ3n) is 4.18. The second-order valence-corrected chi connectivity index (χ2v) is 8.38. The molecule has 0 radical (unpaired) electrons. The first kappa shape index (κ1) is 22.6. The fourth-order valence-electron chi connectivity index (χ4n) is 2.93. The highest BCUT2D eigenvalue weighted by molar-refractivity contribution is 14.0. The molecule has 3 unspecified atom stereocenters. The van der Waals surface area contributed by atoms with Gasteiger partial charge in [0.25, 0.3) is 0 Å². The largest absolute Gasteiger partial charge is 0.357 e. The lowest BCUT2D eigenvalue weighted by Gasteiger charge is -2.30. The summed E-state index contributed by atoms with van der Waals surface area (Å²) in [6.07, 6.45) is 5.99. The van der Waals surface area contributed by atoms with Crippen LogP contribution in [0.15, 0.2) is 23.3 Å². The van der Waals surface area contributed by atoms with Gasteiger partial charge in [0, 0.05) is 40.6 Å². The lowest BCUT2D eigenvalue weighted by molar-refractivity contribution is 0.413. The van der Waals surface area contributed by atoms with Gasteiger partial charge in [0.1, 0.15) is 5.15 Å². The highest BCUT2D eigenvalue weighted by Crippen LogP contribution is 2.23. The van der Waals surface area contributed by atoms with Crippen molar-refractivity contribution in [1.29, 1.82) is 0 Å². The van der Waals surface area contributed by atoms with Crippen molar-refractivity contribution >= 4 is 52.3 Å². The summed E-state index contributed by atoms with van der Waals surface area (Å²) >= 11 is 5.81. The molecule has 0 amide bonds. The second-order valence-electron chi connectivity index (χ2n) is 5.98. The Balaban J connectivity index is 0.00000312. The lowest BCUT2D eigenvalue weighted by atomic mass is 9.95. The van der Waals surface area contributed by atoms with Gasteiger partial charge in [-0.05, 0) is 37.8 Å². The molecule has 0 saturated heterocycles. The van der Waals surface area contributed by atoms with Crippen molar-refractivity contribution < 1.29 is 4.21 Å². The van der Waals surface area contributed by atoms with Gasteiger partial charge < -0.3 is 10.6 Å². The van der Waals surface area contributed by atoms with Gasteiger partial charge in [0.05, 0.1) is 6.54 Å². The quantitative estimate of drug-likeness (QED) is 0.273. The fourth-order valence-corrected chi connectivity index (χ4v) is 4.39. The number of aliphatic imine (C=N–C) groups is 1. The summed E-state index contributed by atoms with van der Waals surface area (Å²) in [5, 5.41) is 7.59. The number of aromatic nitrogens is 1. The molecule has 1 fully saturated rings. The second kappa shape index (κ2) is 12.1. The molecule has 0 spiro atoms. The number of hydrogen-bond donors (Lipinski definition) is 2. The Morgan fingerprint density at radius 1 is 1.40 bits per heavy atom. The maximum absolute atomic E-state index is 12.1. The van der Waals surface area contributed by atoms with Gasteiger partial charge in [-0.2, -0.15) is 0 Å². The predicted octanol–water partition coefficient (Wildman–Crippen LogP) is 3.49. The average molecular weight is 499 g/mol. The SMILES string of the molecule is CCNC(=NCc1ccc(Cl)nc1)NC1CCCC(S(=O)CC)C1.I. The Hall–Kier alpha value is -0.410. The molecule has 1 aliphatic rings. The minimum absolute atomic E-state index is 0. The monoisotopic (exact) mass is 498 g/mol. The standard InChI is InChI=1S/C17H27ClN4OS.HI/c1-3-19-17(21-12-13-8-9-16(18)20-11-13)22-14-6-5-7-15(10-14)24(23)4-2;/h8-9,11,14-15H,3-7,10,12H2,1-2H3,(H2,19,21,22);1H. The molecule has 8 heteroatoms. The Morgan fingerprint density at radius 3 is 2.84 bits per heavy atom. The third kappa shape index (κ3) is 7.78. The van der Waals surface area contributed by atoms with Crippen molar-refractivity contribution in [1.82, 2.24) is 15.6 Å². The van der Waals surface area contributed by atoms with Crippen LogP contribution in [0.25, 0.3) is 0 Å². The molecular weight excluding hydrogens is 471 g/mol. The van der Waals surface area contributed by atoms with Gasteiger partial charge in [-0.3, -0.25) is 4.21 Å². The van der Waals surface area contributed by atoms with E-state index in [0.29, 0.717) is 23.0 Å². The molecule has 142 valence electrons. The summed E-state index contributed by atoms with van der Waals surface area (Å²) in [5.74, 6) is 1.55. The molecule has 0 bridgehead atoms. The molecule has 3 atom stereocenters. The maximum Gasteiger partial charge on any atom is 0.191 e. The van der Waals surface area contributed by atoms with Crippen molar-refractivity contribution in [3.05, 3.63) is 29.0 Å². The van der Waals surface area contributed by atoms with Crippen LogP contribution in [0.2, 0.25) is 5.15 Å². The summed E-state index contributed by atoms with van der Waals surface area (Å²) < 4.78 is 12.1. The van der Waals surface area contributed by atoms with E-state index in [0.717, 1.165) is 49.5 Å². The van der Waals surface area contributed by atoms with Crippen molar-refractivity contribution in [3.8, 4) is 0 Å². The predicted molar refractivity (Wildman–Crippen MR) is 117 cm³/mol. The van der Waals surface area contributed by atoms with E-state index in [1.807, 2.05) is 13.0 Å². The first-order chi connectivity index (χ1) is 11.6. The zero-order valence-corrected chi connectivity index (χ0v) is 18.7. The van der Waals surface area contributed by atoms with Crippen LogP contribution in [0.1, 0.15) is 45.1 Å². The third-order valence-corrected chi connectivity index (χ3v) is 6.14. The molecule has 2 N–H and O–H groups in total. The van der Waals surface area contributed by atoms with Gasteiger partial charge in [0.2, 0.25) is 0 Å². The van der Waals surface area contributed by atoms with Gasteiger partial charge in [-0.25, -0.2) is 9.98 Å². The van der Waals surface area contributed by atoms with Crippen LogP contribution < -0.4 is 10.6 Å². The van der Waals surface area contributed by atoms with Crippen LogP contribution in [0.3, 0.4) is 0 Å². The summed E-state index contributed by atoms with van der Waals surface area (Å²) in [5.41, 5.74) is 1.02. The van der Waals surface area contributed by atoms with E-state index in [-0.39, 0.29) is 24.0 Å². The van der Waals surface area contributed by atoms with Crippen LogP contribution in [0.5, 0.6) is 0 Å². The van der Waals surface area contributed by atoms with E-state index < -0.39 is 10.8 Å². The summed E-state index contributed by atoms with van der Waals surface area (Å²) in [6, 6.07) is 4.04. The molecule has 0 aromatic carbocycles. The van der Waals surface area contributed by atoms with Crippen molar-refractivity contribution in [3.63, 3.8) is 0 Å². The maximum atomic E-state index is 12.1. The van der Waals surface area contributed by atoms with E-state index in [9.17, 15) is 4.21 Å². The molecule has 0 aliphatic heterocycles. The molecule has 1 aromatic heterocycles. The van der Waals surface area contributed by atoms with Crippen molar-refractivity contribution in [2.24, 2.45) is 4.99 Å². The first-order valence-electron chi connectivity index (χ1n) is 8.64. The first-order valence-corrected chi connectivity index (χ1v) is 10.4. The van der Waals surface area contributed by atoms with Crippen molar-refractivity contribution in [2.45, 2.75) is 57.4 Å². The van der Waals surface area contributed by atoms with Gasteiger partial charge >= 0.3 is 0 Å².